The number of nitrogens with zero attached hydrogens (tertiary/aromatic N) is 1. The Balaban J connectivity index is 1.98. The molecule has 1 saturated heterocycles. The summed E-state index contributed by atoms with van der Waals surface area (Å²) in [4.78, 5) is 4.12. The lowest BCUT2D eigenvalue weighted by Crippen LogP contribution is -2.42. The van der Waals surface area contributed by atoms with E-state index < -0.39 is 0 Å². The molecule has 0 aromatic carbocycles. The molecule has 2 unspecified atom stereocenters. The summed E-state index contributed by atoms with van der Waals surface area (Å²) in [5.41, 5.74) is 0. The predicted octanol–water partition coefficient (Wildman–Crippen LogP) is 2.11. The number of hydrogen-bond acceptors (Lipinski definition) is 3. The molecule has 1 N–H and O–H groups in total. The SMILES string of the molecule is CC1CCNCC1Oc1ccc(Cl)cn1. The number of pyridine rings is 1. The van der Waals surface area contributed by atoms with E-state index >= 15 is 0 Å². The molecule has 0 radical (unpaired) electrons. The van der Waals surface area contributed by atoms with Crippen LogP contribution in [-0.2, 0) is 0 Å². The van der Waals surface area contributed by atoms with Crippen molar-refractivity contribution in [2.75, 3.05) is 13.1 Å². The summed E-state index contributed by atoms with van der Waals surface area (Å²) in [6, 6.07) is 3.61. The minimum atomic E-state index is 0.215. The van der Waals surface area contributed by atoms with Gasteiger partial charge >= 0.3 is 0 Å². The van der Waals surface area contributed by atoms with Crippen LogP contribution in [0.15, 0.2) is 18.3 Å². The van der Waals surface area contributed by atoms with Crippen LogP contribution in [0.4, 0.5) is 0 Å². The summed E-state index contributed by atoms with van der Waals surface area (Å²) in [5, 5.41) is 3.95. The second kappa shape index (κ2) is 4.81. The number of hydrogen-bond donors (Lipinski definition) is 1. The number of halogens is 1. The molecule has 0 bridgehead atoms. The molecule has 1 fully saturated rings. The largest absolute Gasteiger partial charge is 0.473 e. The summed E-state index contributed by atoms with van der Waals surface area (Å²) in [6.45, 7) is 4.18. The molecule has 1 aromatic heterocycles. The first-order valence-electron chi connectivity index (χ1n) is 5.24. The Morgan fingerprint density at radius 3 is 3.07 bits per heavy atom. The molecular weight excluding hydrogens is 212 g/mol. The van der Waals surface area contributed by atoms with Gasteiger partial charge in [-0.15, -0.1) is 0 Å². The molecule has 1 aliphatic heterocycles. The van der Waals surface area contributed by atoms with Crippen LogP contribution >= 0.6 is 11.6 Å². The van der Waals surface area contributed by atoms with Crippen molar-refractivity contribution in [3.63, 3.8) is 0 Å². The van der Waals surface area contributed by atoms with Crippen LogP contribution in [0.1, 0.15) is 13.3 Å². The molecule has 2 rings (SSSR count). The van der Waals surface area contributed by atoms with Crippen LogP contribution < -0.4 is 10.1 Å². The maximum absolute atomic E-state index is 5.79. The fourth-order valence-corrected chi connectivity index (χ4v) is 1.82. The van der Waals surface area contributed by atoms with E-state index in [9.17, 15) is 0 Å². The van der Waals surface area contributed by atoms with Gasteiger partial charge in [0.1, 0.15) is 6.10 Å². The highest BCUT2D eigenvalue weighted by molar-refractivity contribution is 6.30. The summed E-state index contributed by atoms with van der Waals surface area (Å²) in [6.07, 6.45) is 2.98. The number of ether oxygens (including phenoxy) is 1. The van der Waals surface area contributed by atoms with Gasteiger partial charge in [0.15, 0.2) is 0 Å². The highest BCUT2D eigenvalue weighted by Gasteiger charge is 2.22. The lowest BCUT2D eigenvalue weighted by atomic mass is 9.97. The Morgan fingerprint density at radius 1 is 1.53 bits per heavy atom. The standard InChI is InChI=1S/C11H15ClN2O/c1-8-4-5-13-7-10(8)15-11-3-2-9(12)6-14-11/h2-3,6,8,10,13H,4-5,7H2,1H3. The number of rotatable bonds is 2. The first-order chi connectivity index (χ1) is 7.25. The molecule has 82 valence electrons. The van der Waals surface area contributed by atoms with Gasteiger partial charge in [-0.3, -0.25) is 0 Å². The second-order valence-electron chi connectivity index (χ2n) is 3.94. The molecule has 2 heterocycles. The number of nitrogens with one attached hydrogen (secondary N) is 1. The Bertz CT molecular complexity index is 315. The first kappa shape index (κ1) is 10.7. The van der Waals surface area contributed by atoms with E-state index in [0.29, 0.717) is 16.8 Å². The van der Waals surface area contributed by atoms with Gasteiger partial charge in [0.25, 0.3) is 0 Å². The molecule has 0 aliphatic carbocycles. The zero-order valence-electron chi connectivity index (χ0n) is 8.74. The molecule has 4 heteroatoms. The third-order valence-electron chi connectivity index (χ3n) is 2.73. The molecule has 15 heavy (non-hydrogen) atoms. The van der Waals surface area contributed by atoms with Crippen molar-refractivity contribution in [3.05, 3.63) is 23.4 Å². The van der Waals surface area contributed by atoms with E-state index in [4.69, 9.17) is 16.3 Å². The van der Waals surface area contributed by atoms with Gasteiger partial charge in [-0.25, -0.2) is 4.98 Å². The van der Waals surface area contributed by atoms with Crippen molar-refractivity contribution in [2.24, 2.45) is 5.92 Å². The average molecular weight is 227 g/mol. The van der Waals surface area contributed by atoms with Gasteiger partial charge in [-0.05, 0) is 24.9 Å². The molecule has 1 aliphatic rings. The minimum absolute atomic E-state index is 0.215. The number of piperidine rings is 1. The third-order valence-corrected chi connectivity index (χ3v) is 2.95. The Hall–Kier alpha value is -0.800. The van der Waals surface area contributed by atoms with Crippen LogP contribution in [0.25, 0.3) is 0 Å². The van der Waals surface area contributed by atoms with Crippen LogP contribution in [0.3, 0.4) is 0 Å². The maximum Gasteiger partial charge on any atom is 0.213 e. The van der Waals surface area contributed by atoms with E-state index in [1.54, 1.807) is 12.3 Å². The highest BCUT2D eigenvalue weighted by Crippen LogP contribution is 2.19. The Labute approximate surface area is 94.8 Å². The molecule has 2 atom stereocenters. The smallest absolute Gasteiger partial charge is 0.213 e. The molecule has 0 amide bonds. The van der Waals surface area contributed by atoms with Crippen LogP contribution in [0.2, 0.25) is 5.02 Å². The predicted molar refractivity (Wildman–Crippen MR) is 60.3 cm³/mol. The van der Waals surface area contributed by atoms with Gasteiger partial charge < -0.3 is 10.1 Å². The molecule has 0 spiro atoms. The summed E-state index contributed by atoms with van der Waals surface area (Å²) >= 11 is 5.75. The minimum Gasteiger partial charge on any atom is -0.473 e. The van der Waals surface area contributed by atoms with Crippen molar-refractivity contribution < 1.29 is 4.74 Å². The second-order valence-corrected chi connectivity index (χ2v) is 4.38. The fraction of sp³-hybridized carbons (Fsp3) is 0.545. The fourth-order valence-electron chi connectivity index (χ4n) is 1.71. The van der Waals surface area contributed by atoms with E-state index in [-0.39, 0.29) is 6.10 Å². The van der Waals surface area contributed by atoms with E-state index in [1.807, 2.05) is 6.07 Å². The Morgan fingerprint density at radius 2 is 2.40 bits per heavy atom. The quantitative estimate of drug-likeness (QED) is 0.839. The summed E-state index contributed by atoms with van der Waals surface area (Å²) in [5.74, 6) is 1.23. The zero-order chi connectivity index (χ0) is 10.7. The lowest BCUT2D eigenvalue weighted by Gasteiger charge is -2.29. The Kier molecular flexibility index (Phi) is 3.44. The van der Waals surface area contributed by atoms with Gasteiger partial charge in [-0.1, -0.05) is 18.5 Å². The van der Waals surface area contributed by atoms with Crippen LogP contribution in [0.5, 0.6) is 5.88 Å². The molecular formula is C11H15ClN2O. The summed E-state index contributed by atoms with van der Waals surface area (Å²) < 4.78 is 5.79. The van der Waals surface area contributed by atoms with Gasteiger partial charge in [0, 0.05) is 18.8 Å². The molecule has 3 nitrogen and oxygen atoms in total. The van der Waals surface area contributed by atoms with Crippen LogP contribution in [-0.4, -0.2) is 24.2 Å². The van der Waals surface area contributed by atoms with Crippen LogP contribution in [0, 0.1) is 5.92 Å². The maximum atomic E-state index is 5.79. The van der Waals surface area contributed by atoms with Crippen molar-refractivity contribution >= 4 is 11.6 Å². The van der Waals surface area contributed by atoms with E-state index in [1.165, 1.54) is 0 Å². The van der Waals surface area contributed by atoms with E-state index in [2.05, 4.69) is 17.2 Å². The average Bonchev–Trinajstić information content (AvgIpc) is 2.25. The van der Waals surface area contributed by atoms with Crippen molar-refractivity contribution in [1.82, 2.24) is 10.3 Å². The zero-order valence-corrected chi connectivity index (χ0v) is 9.50. The van der Waals surface area contributed by atoms with Gasteiger partial charge in [-0.2, -0.15) is 0 Å². The van der Waals surface area contributed by atoms with Gasteiger partial charge in [0.05, 0.1) is 5.02 Å². The molecule has 0 saturated carbocycles. The van der Waals surface area contributed by atoms with Crippen molar-refractivity contribution in [1.29, 1.82) is 0 Å². The normalized spacial score (nSPS) is 26.3. The topological polar surface area (TPSA) is 34.1 Å². The van der Waals surface area contributed by atoms with Crippen molar-refractivity contribution in [2.45, 2.75) is 19.4 Å². The monoisotopic (exact) mass is 226 g/mol. The number of aromatic nitrogens is 1. The highest BCUT2D eigenvalue weighted by atomic mass is 35.5. The third kappa shape index (κ3) is 2.83. The lowest BCUT2D eigenvalue weighted by molar-refractivity contribution is 0.110. The first-order valence-corrected chi connectivity index (χ1v) is 5.62. The van der Waals surface area contributed by atoms with Crippen molar-refractivity contribution in [3.8, 4) is 5.88 Å². The van der Waals surface area contributed by atoms with Gasteiger partial charge in [0.2, 0.25) is 5.88 Å². The molecule has 1 aromatic rings. The van der Waals surface area contributed by atoms with E-state index in [0.717, 1.165) is 19.5 Å². The summed E-state index contributed by atoms with van der Waals surface area (Å²) in [7, 11) is 0.